The molecule has 0 amide bonds. The molecule has 4 rings (SSSR count). The maximum absolute atomic E-state index is 5.50. The molecule has 0 fully saturated rings. The molecule has 1 atom stereocenters. The van der Waals surface area contributed by atoms with Crippen LogP contribution < -0.4 is 9.47 Å². The number of hydrogen-bond donors (Lipinski definition) is 0. The molecule has 6 nitrogen and oxygen atoms in total. The van der Waals surface area contributed by atoms with Crippen molar-refractivity contribution in [2.24, 2.45) is 20.9 Å². The topological polar surface area (TPSA) is 68.4 Å². The van der Waals surface area contributed by atoms with Crippen LogP contribution in [0.3, 0.4) is 0 Å². The summed E-state index contributed by atoms with van der Waals surface area (Å²) in [6, 6.07) is 10.4. The number of aryl methyl sites for hydroxylation is 2. The van der Waals surface area contributed by atoms with Crippen LogP contribution in [0.2, 0.25) is 0 Å². The first-order chi connectivity index (χ1) is 18.5. The van der Waals surface area contributed by atoms with Crippen molar-refractivity contribution in [1.82, 2.24) is 4.98 Å². The smallest absolute Gasteiger partial charge is 0.160 e. The van der Waals surface area contributed by atoms with Gasteiger partial charge in [0.2, 0.25) is 0 Å². The molecule has 1 aromatic carbocycles. The Morgan fingerprint density at radius 2 is 1.84 bits per heavy atom. The Labute approximate surface area is 227 Å². The van der Waals surface area contributed by atoms with Gasteiger partial charge in [0, 0.05) is 47.9 Å². The van der Waals surface area contributed by atoms with E-state index in [1.165, 1.54) is 22.4 Å². The summed E-state index contributed by atoms with van der Waals surface area (Å²) in [4.78, 5) is 18.8. The number of pyridine rings is 1. The van der Waals surface area contributed by atoms with Gasteiger partial charge >= 0.3 is 0 Å². The number of ether oxygens (including phenoxy) is 2. The van der Waals surface area contributed by atoms with Gasteiger partial charge in [-0.05, 0) is 94.2 Å². The molecule has 0 aliphatic carbocycles. The van der Waals surface area contributed by atoms with E-state index in [9.17, 15) is 0 Å². The number of nitrogens with zero attached hydrogens (tertiary/aromatic N) is 4. The molecule has 0 saturated carbocycles. The van der Waals surface area contributed by atoms with E-state index >= 15 is 0 Å². The van der Waals surface area contributed by atoms with Crippen LogP contribution in [0.15, 0.2) is 74.9 Å². The lowest BCUT2D eigenvalue weighted by Crippen LogP contribution is -2.23. The lowest BCUT2D eigenvalue weighted by atomic mass is 9.89. The zero-order chi connectivity index (χ0) is 26.7. The summed E-state index contributed by atoms with van der Waals surface area (Å²) in [6.45, 7) is 4.98. The van der Waals surface area contributed by atoms with Crippen LogP contribution in [0.1, 0.15) is 62.3 Å². The first-order valence-corrected chi connectivity index (χ1v) is 13.6. The minimum Gasteiger partial charge on any atom is -0.493 e. The summed E-state index contributed by atoms with van der Waals surface area (Å²) in [5.41, 5.74) is 8.40. The van der Waals surface area contributed by atoms with Gasteiger partial charge in [-0.2, -0.15) is 0 Å². The second kappa shape index (κ2) is 13.8. The number of methoxy groups -OCH3 is 2. The van der Waals surface area contributed by atoms with Gasteiger partial charge in [0.25, 0.3) is 0 Å². The molecule has 2 aliphatic heterocycles. The van der Waals surface area contributed by atoms with E-state index < -0.39 is 0 Å². The standard InChI is InChI=1S/C32H40N4O2/c1-23-9-13-28(34-20-23)14-15-29-17-25(8-6-5-7-24(2)36-29)10-12-27-21-33-22-35-30(27)18-26-11-16-31(37-3)32(19-26)38-4/h7,9,11,13,16-17,19-20,22,27H,5-6,8,10,12,14-15,18,21H2,1-4H3/b24-7-,25-17+,36-29+. The molecule has 1 unspecified atom stereocenters. The molecule has 0 spiro atoms. The minimum absolute atomic E-state index is 0.332. The second-order valence-electron chi connectivity index (χ2n) is 10.2. The van der Waals surface area contributed by atoms with Crippen LogP contribution in [-0.2, 0) is 12.8 Å². The number of rotatable bonds is 10. The quantitative estimate of drug-likeness (QED) is 0.347. The summed E-state index contributed by atoms with van der Waals surface area (Å²) >= 11 is 0. The van der Waals surface area contributed by atoms with Crippen LogP contribution >= 0.6 is 0 Å². The van der Waals surface area contributed by atoms with E-state index in [1.54, 1.807) is 20.6 Å². The Balaban J connectivity index is 1.43. The number of hydrogen-bond acceptors (Lipinski definition) is 6. The highest BCUT2D eigenvalue weighted by molar-refractivity contribution is 5.97. The van der Waals surface area contributed by atoms with Gasteiger partial charge in [0.05, 0.1) is 14.2 Å². The van der Waals surface area contributed by atoms with Gasteiger partial charge < -0.3 is 9.47 Å². The lowest BCUT2D eigenvalue weighted by Gasteiger charge is -2.21. The Hall–Kier alpha value is -3.54. The van der Waals surface area contributed by atoms with Crippen molar-refractivity contribution in [2.45, 2.75) is 65.2 Å². The SMILES string of the molecule is COc1ccc(CC2=NC=NCC2CC/C2=C/C(CCc3ccc(C)cn3)=N/C(C)=C\CCC2)cc1OC. The van der Waals surface area contributed by atoms with E-state index in [0.717, 1.165) is 86.5 Å². The fraction of sp³-hybridized carbons (Fsp3) is 0.438. The summed E-state index contributed by atoms with van der Waals surface area (Å²) in [5, 5.41) is 0. The monoisotopic (exact) mass is 512 g/mol. The summed E-state index contributed by atoms with van der Waals surface area (Å²) in [6.07, 6.45) is 16.3. The average Bonchev–Trinajstić information content (AvgIpc) is 3.02. The van der Waals surface area contributed by atoms with Crippen molar-refractivity contribution < 1.29 is 9.47 Å². The van der Waals surface area contributed by atoms with E-state index in [1.807, 2.05) is 18.3 Å². The molecule has 0 saturated heterocycles. The summed E-state index contributed by atoms with van der Waals surface area (Å²) in [5.74, 6) is 1.82. The van der Waals surface area contributed by atoms with Crippen LogP contribution in [0, 0.1) is 12.8 Å². The van der Waals surface area contributed by atoms with E-state index in [0.29, 0.717) is 5.92 Å². The molecule has 2 aromatic rings. The molecule has 0 bridgehead atoms. The van der Waals surface area contributed by atoms with E-state index in [-0.39, 0.29) is 0 Å². The van der Waals surface area contributed by atoms with Crippen LogP contribution in [0.5, 0.6) is 11.5 Å². The van der Waals surface area contributed by atoms with Crippen molar-refractivity contribution in [1.29, 1.82) is 0 Å². The van der Waals surface area contributed by atoms with Crippen molar-refractivity contribution in [2.75, 3.05) is 20.8 Å². The second-order valence-corrected chi connectivity index (χ2v) is 10.2. The number of allylic oxidation sites excluding steroid dienone is 4. The predicted octanol–water partition coefficient (Wildman–Crippen LogP) is 6.92. The lowest BCUT2D eigenvalue weighted by molar-refractivity contribution is 0.354. The highest BCUT2D eigenvalue weighted by Crippen LogP contribution is 2.29. The zero-order valence-corrected chi connectivity index (χ0v) is 23.2. The first kappa shape index (κ1) is 27.5. The number of aliphatic imine (C=N–C) groups is 3. The third-order valence-electron chi connectivity index (χ3n) is 7.19. The highest BCUT2D eigenvalue weighted by atomic mass is 16.5. The Kier molecular flexibility index (Phi) is 10.0. The summed E-state index contributed by atoms with van der Waals surface area (Å²) < 4.78 is 10.9. The minimum atomic E-state index is 0.332. The van der Waals surface area contributed by atoms with Gasteiger partial charge in [0.1, 0.15) is 6.34 Å². The molecule has 2 aliphatic rings. The normalized spacial score (nSPS) is 21.9. The zero-order valence-electron chi connectivity index (χ0n) is 23.2. The van der Waals surface area contributed by atoms with Gasteiger partial charge in [-0.15, -0.1) is 0 Å². The molecule has 0 N–H and O–H groups in total. The molecule has 0 radical (unpaired) electrons. The van der Waals surface area contributed by atoms with E-state index in [4.69, 9.17) is 19.5 Å². The van der Waals surface area contributed by atoms with Gasteiger partial charge in [-0.1, -0.05) is 23.8 Å². The number of aromatic nitrogens is 1. The van der Waals surface area contributed by atoms with Crippen molar-refractivity contribution in [3.05, 3.63) is 76.8 Å². The maximum Gasteiger partial charge on any atom is 0.160 e. The van der Waals surface area contributed by atoms with Crippen molar-refractivity contribution >= 4 is 17.8 Å². The van der Waals surface area contributed by atoms with Crippen molar-refractivity contribution in [3.8, 4) is 11.5 Å². The first-order valence-electron chi connectivity index (χ1n) is 13.6. The van der Waals surface area contributed by atoms with E-state index in [2.05, 4.69) is 54.2 Å². The molecule has 38 heavy (non-hydrogen) atoms. The fourth-order valence-electron chi connectivity index (χ4n) is 4.99. The number of benzene rings is 1. The Bertz CT molecular complexity index is 1240. The maximum atomic E-state index is 5.50. The van der Waals surface area contributed by atoms with Crippen LogP contribution in [0.4, 0.5) is 0 Å². The van der Waals surface area contributed by atoms with Gasteiger partial charge in [0.15, 0.2) is 11.5 Å². The third kappa shape index (κ3) is 7.98. The molecular formula is C32H40N4O2. The third-order valence-corrected chi connectivity index (χ3v) is 7.19. The van der Waals surface area contributed by atoms with Gasteiger partial charge in [-0.3, -0.25) is 15.0 Å². The van der Waals surface area contributed by atoms with Gasteiger partial charge in [-0.25, -0.2) is 4.99 Å². The summed E-state index contributed by atoms with van der Waals surface area (Å²) in [7, 11) is 3.33. The molecular weight excluding hydrogens is 472 g/mol. The molecule has 6 heteroatoms. The molecule has 3 heterocycles. The Morgan fingerprint density at radius 3 is 2.63 bits per heavy atom. The van der Waals surface area contributed by atoms with Crippen molar-refractivity contribution in [3.63, 3.8) is 0 Å². The fourth-order valence-corrected chi connectivity index (χ4v) is 4.99. The predicted molar refractivity (Wildman–Crippen MR) is 157 cm³/mol. The average molecular weight is 513 g/mol. The highest BCUT2D eigenvalue weighted by Gasteiger charge is 2.20. The van der Waals surface area contributed by atoms with Crippen LogP contribution in [0.25, 0.3) is 0 Å². The molecule has 200 valence electrons. The largest absolute Gasteiger partial charge is 0.493 e. The van der Waals surface area contributed by atoms with Crippen LogP contribution in [-0.4, -0.2) is 43.5 Å². The Morgan fingerprint density at radius 1 is 0.974 bits per heavy atom. The molecule has 1 aromatic heterocycles.